The lowest BCUT2D eigenvalue weighted by atomic mass is 10.2. The molecule has 2 N–H and O–H groups in total. The molecule has 0 aromatic heterocycles. The molecule has 0 saturated carbocycles. The van der Waals surface area contributed by atoms with Crippen molar-refractivity contribution >= 4 is 23.8 Å². The first-order valence-electron chi connectivity index (χ1n) is 6.56. The number of amides is 1. The summed E-state index contributed by atoms with van der Waals surface area (Å²) in [6.07, 6.45) is 0.592. The molecule has 0 fully saturated rings. The van der Waals surface area contributed by atoms with E-state index >= 15 is 0 Å². The minimum absolute atomic E-state index is 0.370. The van der Waals surface area contributed by atoms with E-state index in [0.29, 0.717) is 12.2 Å². The Bertz CT molecular complexity index is 350. The van der Waals surface area contributed by atoms with Crippen molar-refractivity contribution in [1.29, 1.82) is 0 Å². The molecule has 0 aliphatic rings. The van der Waals surface area contributed by atoms with Crippen LogP contribution >= 0.6 is 11.8 Å². The lowest BCUT2D eigenvalue weighted by molar-refractivity contribution is -0.139. The normalized spacial score (nSPS) is 12.6. The summed E-state index contributed by atoms with van der Waals surface area (Å²) in [4.78, 5) is 22.6. The lowest BCUT2D eigenvalue weighted by Crippen LogP contribution is -2.43. The molecule has 116 valence electrons. The first-order chi connectivity index (χ1) is 9.11. The van der Waals surface area contributed by atoms with Crippen molar-refractivity contribution < 1.29 is 19.4 Å². The molecule has 1 amide bonds. The average Bonchev–Trinajstić information content (AvgIpc) is 2.23. The number of carboxylic acids is 1. The number of allylic oxidation sites excluding steroid dienone is 1. The average molecular weight is 303 g/mol. The van der Waals surface area contributed by atoms with E-state index in [9.17, 15) is 9.59 Å². The van der Waals surface area contributed by atoms with E-state index in [1.165, 1.54) is 0 Å². The highest BCUT2D eigenvalue weighted by Crippen LogP contribution is 2.11. The van der Waals surface area contributed by atoms with E-state index in [1.54, 1.807) is 32.5 Å². The lowest BCUT2D eigenvalue weighted by Gasteiger charge is -2.21. The van der Waals surface area contributed by atoms with Gasteiger partial charge in [0, 0.05) is 0 Å². The summed E-state index contributed by atoms with van der Waals surface area (Å²) in [6.45, 7) is 11.0. The largest absolute Gasteiger partial charge is 0.480 e. The number of aliphatic carboxylic acids is 1. The van der Waals surface area contributed by atoms with E-state index in [4.69, 9.17) is 9.84 Å². The van der Waals surface area contributed by atoms with Crippen LogP contribution in [0.3, 0.4) is 0 Å². The molecule has 0 heterocycles. The van der Waals surface area contributed by atoms with Gasteiger partial charge in [-0.2, -0.15) is 11.8 Å². The van der Waals surface area contributed by atoms with Crippen molar-refractivity contribution in [1.82, 2.24) is 5.32 Å². The summed E-state index contributed by atoms with van der Waals surface area (Å²) in [5, 5.41) is 11.5. The molecule has 5 nitrogen and oxygen atoms in total. The number of carbonyl (C=O) groups excluding carboxylic acids is 1. The third-order valence-electron chi connectivity index (χ3n) is 2.21. The molecule has 0 bridgehead atoms. The van der Waals surface area contributed by atoms with Gasteiger partial charge in [-0.1, -0.05) is 5.57 Å². The van der Waals surface area contributed by atoms with Crippen molar-refractivity contribution in [3.8, 4) is 0 Å². The molecule has 0 aliphatic heterocycles. The second-order valence-corrected chi connectivity index (χ2v) is 6.87. The summed E-state index contributed by atoms with van der Waals surface area (Å²) in [5.74, 6) is 0.532. The van der Waals surface area contributed by atoms with Gasteiger partial charge in [0.25, 0.3) is 0 Å². The van der Waals surface area contributed by atoms with Gasteiger partial charge in [-0.05, 0) is 52.0 Å². The van der Waals surface area contributed by atoms with Gasteiger partial charge in [0.1, 0.15) is 11.6 Å². The molecule has 0 aliphatic carbocycles. The van der Waals surface area contributed by atoms with Gasteiger partial charge < -0.3 is 15.2 Å². The molecule has 0 aromatic rings. The van der Waals surface area contributed by atoms with Crippen LogP contribution in [0.15, 0.2) is 12.2 Å². The number of thioether (sulfide) groups is 1. The highest BCUT2D eigenvalue weighted by Gasteiger charge is 2.23. The van der Waals surface area contributed by atoms with Crippen molar-refractivity contribution in [2.75, 3.05) is 11.5 Å². The van der Waals surface area contributed by atoms with Crippen LogP contribution < -0.4 is 5.32 Å². The van der Waals surface area contributed by atoms with Gasteiger partial charge >= 0.3 is 12.1 Å². The van der Waals surface area contributed by atoms with Gasteiger partial charge in [-0.3, -0.25) is 0 Å². The minimum atomic E-state index is -1.05. The zero-order valence-corrected chi connectivity index (χ0v) is 13.5. The molecular formula is C14H25NO4S. The van der Waals surface area contributed by atoms with Crippen molar-refractivity contribution in [2.45, 2.75) is 52.2 Å². The molecule has 6 heteroatoms. The summed E-state index contributed by atoms with van der Waals surface area (Å²) >= 11 is 1.65. The topological polar surface area (TPSA) is 75.6 Å². The monoisotopic (exact) mass is 303 g/mol. The van der Waals surface area contributed by atoms with Crippen LogP contribution in [0, 0.1) is 0 Å². The number of hydrogen-bond acceptors (Lipinski definition) is 4. The quantitative estimate of drug-likeness (QED) is 0.532. The van der Waals surface area contributed by atoms with Gasteiger partial charge in [0.2, 0.25) is 0 Å². The maximum atomic E-state index is 11.5. The number of alkyl carbamates (subject to hydrolysis) is 1. The third-order valence-corrected chi connectivity index (χ3v) is 3.23. The van der Waals surface area contributed by atoms with Gasteiger partial charge in [0.15, 0.2) is 0 Å². The maximum absolute atomic E-state index is 11.5. The Labute approximate surface area is 125 Å². The van der Waals surface area contributed by atoms with Crippen molar-refractivity contribution in [2.24, 2.45) is 0 Å². The van der Waals surface area contributed by atoms with Crippen LogP contribution in [0.5, 0.6) is 0 Å². The fourth-order valence-corrected chi connectivity index (χ4v) is 2.36. The number of ether oxygens (including phenoxy) is 1. The summed E-state index contributed by atoms with van der Waals surface area (Å²) < 4.78 is 5.05. The molecular weight excluding hydrogens is 278 g/mol. The van der Waals surface area contributed by atoms with Crippen LogP contribution in [0.25, 0.3) is 0 Å². The smallest absolute Gasteiger partial charge is 0.408 e. The fraction of sp³-hybridized carbons (Fsp3) is 0.714. The summed E-state index contributed by atoms with van der Waals surface area (Å²) in [5.41, 5.74) is 0.475. The molecule has 0 radical (unpaired) electrons. The number of carbonyl (C=O) groups is 2. The number of rotatable bonds is 8. The van der Waals surface area contributed by atoms with E-state index < -0.39 is 23.7 Å². The first-order valence-corrected chi connectivity index (χ1v) is 7.71. The molecule has 0 rings (SSSR count). The second kappa shape index (κ2) is 8.89. The third kappa shape index (κ3) is 10.7. The van der Waals surface area contributed by atoms with Gasteiger partial charge in [-0.25, -0.2) is 9.59 Å². The Morgan fingerprint density at radius 1 is 1.35 bits per heavy atom. The van der Waals surface area contributed by atoms with Gasteiger partial charge in [-0.15, -0.1) is 6.58 Å². The molecule has 0 saturated heterocycles. The van der Waals surface area contributed by atoms with Crippen LogP contribution in [-0.2, 0) is 9.53 Å². The fourth-order valence-electron chi connectivity index (χ4n) is 1.26. The van der Waals surface area contributed by atoms with Crippen LogP contribution in [-0.4, -0.2) is 40.3 Å². The summed E-state index contributed by atoms with van der Waals surface area (Å²) in [6, 6.07) is -0.915. The highest BCUT2D eigenvalue weighted by molar-refractivity contribution is 7.99. The van der Waals surface area contributed by atoms with Crippen molar-refractivity contribution in [3.05, 3.63) is 12.2 Å². The Morgan fingerprint density at radius 3 is 2.40 bits per heavy atom. The predicted molar refractivity (Wildman–Crippen MR) is 82.2 cm³/mol. The zero-order valence-electron chi connectivity index (χ0n) is 12.7. The Kier molecular flexibility index (Phi) is 8.37. The Morgan fingerprint density at radius 2 is 1.95 bits per heavy atom. The SMILES string of the molecule is C=C(C)CCSCCC(NC(=O)OC(C)(C)C)C(=O)O. The molecule has 1 atom stereocenters. The number of nitrogens with one attached hydrogen (secondary N) is 1. The molecule has 20 heavy (non-hydrogen) atoms. The first kappa shape index (κ1) is 18.8. The van der Waals surface area contributed by atoms with E-state index in [1.807, 2.05) is 6.92 Å². The standard InChI is InChI=1S/C14H25NO4S/c1-10(2)6-8-20-9-7-11(12(16)17)15-13(18)19-14(3,4)5/h11H,1,6-9H2,2-5H3,(H,15,18)(H,16,17). The molecule has 1 unspecified atom stereocenters. The Hall–Kier alpha value is -1.17. The van der Waals surface area contributed by atoms with Crippen LogP contribution in [0.2, 0.25) is 0 Å². The van der Waals surface area contributed by atoms with Crippen LogP contribution in [0.1, 0.15) is 40.5 Å². The number of carboxylic acid groups (broad SMARTS) is 1. The molecule has 0 spiro atoms. The maximum Gasteiger partial charge on any atom is 0.408 e. The van der Waals surface area contributed by atoms with E-state index in [0.717, 1.165) is 17.7 Å². The number of hydrogen-bond donors (Lipinski definition) is 2. The second-order valence-electron chi connectivity index (χ2n) is 5.65. The predicted octanol–water partition coefficient (Wildman–Crippen LogP) is 3.05. The summed E-state index contributed by atoms with van der Waals surface area (Å²) in [7, 11) is 0. The molecule has 0 aromatic carbocycles. The highest BCUT2D eigenvalue weighted by atomic mass is 32.2. The van der Waals surface area contributed by atoms with E-state index in [2.05, 4.69) is 11.9 Å². The Balaban J connectivity index is 4.08. The van der Waals surface area contributed by atoms with Crippen LogP contribution in [0.4, 0.5) is 4.79 Å². The van der Waals surface area contributed by atoms with Gasteiger partial charge in [0.05, 0.1) is 0 Å². The van der Waals surface area contributed by atoms with Crippen molar-refractivity contribution in [3.63, 3.8) is 0 Å². The minimum Gasteiger partial charge on any atom is -0.480 e. The zero-order chi connectivity index (χ0) is 15.8. The van der Waals surface area contributed by atoms with E-state index in [-0.39, 0.29) is 0 Å².